The SMILES string of the molecule is N#Cc1ccc(C(Cc2ccccc2)C(N)=O)cn1. The third-order valence-electron chi connectivity index (χ3n) is 2.93. The largest absolute Gasteiger partial charge is 0.369 e. The summed E-state index contributed by atoms with van der Waals surface area (Å²) < 4.78 is 0. The number of rotatable bonds is 4. The number of hydrogen-bond donors (Lipinski definition) is 1. The molecule has 1 unspecified atom stereocenters. The molecule has 0 fully saturated rings. The summed E-state index contributed by atoms with van der Waals surface area (Å²) in [7, 11) is 0. The number of carbonyl (C=O) groups is 1. The number of benzene rings is 1. The van der Waals surface area contributed by atoms with Crippen molar-refractivity contribution < 1.29 is 4.79 Å². The van der Waals surface area contributed by atoms with Crippen LogP contribution in [0.15, 0.2) is 48.7 Å². The summed E-state index contributed by atoms with van der Waals surface area (Å²) in [6, 6.07) is 14.9. The smallest absolute Gasteiger partial charge is 0.225 e. The van der Waals surface area contributed by atoms with Crippen molar-refractivity contribution in [3.63, 3.8) is 0 Å². The van der Waals surface area contributed by atoms with Crippen molar-refractivity contribution in [1.29, 1.82) is 5.26 Å². The molecule has 0 aliphatic heterocycles. The van der Waals surface area contributed by atoms with Crippen LogP contribution in [0.2, 0.25) is 0 Å². The van der Waals surface area contributed by atoms with Crippen molar-refractivity contribution in [2.24, 2.45) is 5.73 Å². The molecule has 19 heavy (non-hydrogen) atoms. The molecule has 0 bridgehead atoms. The highest BCUT2D eigenvalue weighted by Gasteiger charge is 2.18. The molecule has 1 aromatic carbocycles. The predicted octanol–water partition coefficient (Wildman–Crippen LogP) is 1.76. The van der Waals surface area contributed by atoms with Crippen LogP contribution in [-0.2, 0) is 11.2 Å². The maximum Gasteiger partial charge on any atom is 0.225 e. The Hall–Kier alpha value is -2.67. The minimum absolute atomic E-state index is 0.326. The highest BCUT2D eigenvalue weighted by atomic mass is 16.1. The molecule has 94 valence electrons. The zero-order valence-electron chi connectivity index (χ0n) is 10.3. The number of nitriles is 1. The molecule has 1 amide bonds. The molecule has 1 heterocycles. The van der Waals surface area contributed by atoms with Gasteiger partial charge in [0.15, 0.2) is 0 Å². The predicted molar refractivity (Wildman–Crippen MR) is 71.0 cm³/mol. The second-order valence-corrected chi connectivity index (χ2v) is 4.23. The second kappa shape index (κ2) is 5.78. The minimum atomic E-state index is -0.428. The van der Waals surface area contributed by atoms with E-state index in [0.717, 1.165) is 11.1 Å². The molecule has 0 aliphatic carbocycles. The Morgan fingerprint density at radius 1 is 1.26 bits per heavy atom. The van der Waals surface area contributed by atoms with Crippen LogP contribution in [0, 0.1) is 11.3 Å². The lowest BCUT2D eigenvalue weighted by atomic mass is 9.92. The highest BCUT2D eigenvalue weighted by Crippen LogP contribution is 2.20. The normalized spacial score (nSPS) is 11.5. The topological polar surface area (TPSA) is 79.8 Å². The molecule has 4 nitrogen and oxygen atoms in total. The maximum absolute atomic E-state index is 11.6. The number of nitrogens with two attached hydrogens (primary N) is 1. The first-order valence-electron chi connectivity index (χ1n) is 5.90. The van der Waals surface area contributed by atoms with Crippen molar-refractivity contribution in [1.82, 2.24) is 4.98 Å². The molecule has 0 saturated heterocycles. The van der Waals surface area contributed by atoms with Gasteiger partial charge < -0.3 is 5.73 Å². The Balaban J connectivity index is 2.25. The van der Waals surface area contributed by atoms with E-state index >= 15 is 0 Å². The fraction of sp³-hybridized carbons (Fsp3) is 0.133. The molecule has 1 aromatic heterocycles. The van der Waals surface area contributed by atoms with Gasteiger partial charge in [-0.15, -0.1) is 0 Å². The number of primary amides is 1. The fourth-order valence-corrected chi connectivity index (χ4v) is 1.91. The third kappa shape index (κ3) is 3.17. The van der Waals surface area contributed by atoms with Crippen LogP contribution in [0.5, 0.6) is 0 Å². The molecule has 1 atom stereocenters. The van der Waals surface area contributed by atoms with Gasteiger partial charge in [0.2, 0.25) is 5.91 Å². The van der Waals surface area contributed by atoms with Gasteiger partial charge in [-0.1, -0.05) is 36.4 Å². The molecule has 0 aliphatic rings. The summed E-state index contributed by atoms with van der Waals surface area (Å²) in [6.07, 6.45) is 2.07. The van der Waals surface area contributed by atoms with Crippen LogP contribution in [0.3, 0.4) is 0 Å². The first kappa shape index (κ1) is 12.8. The van der Waals surface area contributed by atoms with Crippen molar-refractivity contribution in [3.05, 3.63) is 65.5 Å². The Morgan fingerprint density at radius 3 is 2.53 bits per heavy atom. The van der Waals surface area contributed by atoms with Crippen LogP contribution in [0.25, 0.3) is 0 Å². The summed E-state index contributed by atoms with van der Waals surface area (Å²) in [5, 5.41) is 8.71. The fourth-order valence-electron chi connectivity index (χ4n) is 1.91. The monoisotopic (exact) mass is 251 g/mol. The summed E-state index contributed by atoms with van der Waals surface area (Å²) in [5.74, 6) is -0.821. The van der Waals surface area contributed by atoms with Gasteiger partial charge in [0.05, 0.1) is 5.92 Å². The Kier molecular flexibility index (Phi) is 3.89. The van der Waals surface area contributed by atoms with Gasteiger partial charge in [0.1, 0.15) is 11.8 Å². The lowest BCUT2D eigenvalue weighted by molar-refractivity contribution is -0.119. The minimum Gasteiger partial charge on any atom is -0.369 e. The number of hydrogen-bond acceptors (Lipinski definition) is 3. The number of aromatic nitrogens is 1. The van der Waals surface area contributed by atoms with Gasteiger partial charge in [-0.25, -0.2) is 4.98 Å². The van der Waals surface area contributed by atoms with Crippen LogP contribution >= 0.6 is 0 Å². The average Bonchev–Trinajstić information content (AvgIpc) is 2.46. The highest BCUT2D eigenvalue weighted by molar-refractivity contribution is 5.82. The van der Waals surface area contributed by atoms with E-state index in [1.54, 1.807) is 12.1 Å². The van der Waals surface area contributed by atoms with Gasteiger partial charge in [-0.05, 0) is 23.6 Å². The lowest BCUT2D eigenvalue weighted by Crippen LogP contribution is -2.23. The van der Waals surface area contributed by atoms with Crippen LogP contribution < -0.4 is 5.73 Å². The standard InChI is InChI=1S/C15H13N3O/c16-9-13-7-6-12(10-18-13)14(15(17)19)8-11-4-2-1-3-5-11/h1-7,10,14H,8H2,(H2,17,19). The summed E-state index contributed by atoms with van der Waals surface area (Å²) in [4.78, 5) is 15.6. The molecule has 2 rings (SSSR count). The van der Waals surface area contributed by atoms with E-state index in [2.05, 4.69) is 4.98 Å². The molecule has 2 aromatic rings. The first-order valence-corrected chi connectivity index (χ1v) is 5.90. The zero-order valence-corrected chi connectivity index (χ0v) is 10.3. The van der Waals surface area contributed by atoms with Gasteiger partial charge in [0.25, 0.3) is 0 Å². The molecule has 0 saturated carbocycles. The van der Waals surface area contributed by atoms with Gasteiger partial charge in [-0.3, -0.25) is 4.79 Å². The molecule has 0 radical (unpaired) electrons. The van der Waals surface area contributed by atoms with Crippen molar-refractivity contribution in [2.75, 3.05) is 0 Å². The molecular formula is C15H13N3O. The van der Waals surface area contributed by atoms with E-state index in [9.17, 15) is 4.79 Å². The van der Waals surface area contributed by atoms with E-state index in [1.165, 1.54) is 6.20 Å². The first-order chi connectivity index (χ1) is 9.20. The Labute approximate surface area is 111 Å². The van der Waals surface area contributed by atoms with E-state index in [4.69, 9.17) is 11.0 Å². The van der Waals surface area contributed by atoms with Crippen molar-refractivity contribution in [3.8, 4) is 6.07 Å². The van der Waals surface area contributed by atoms with Gasteiger partial charge >= 0.3 is 0 Å². The van der Waals surface area contributed by atoms with E-state index in [0.29, 0.717) is 12.1 Å². The van der Waals surface area contributed by atoms with E-state index < -0.39 is 11.8 Å². The molecule has 0 spiro atoms. The summed E-state index contributed by atoms with van der Waals surface area (Å²) in [6.45, 7) is 0. The summed E-state index contributed by atoms with van der Waals surface area (Å²) in [5.41, 5.74) is 7.55. The third-order valence-corrected chi connectivity index (χ3v) is 2.93. The molecule has 4 heteroatoms. The Morgan fingerprint density at radius 2 is 2.00 bits per heavy atom. The number of nitrogens with zero attached hydrogens (tertiary/aromatic N) is 2. The zero-order chi connectivity index (χ0) is 13.7. The maximum atomic E-state index is 11.6. The second-order valence-electron chi connectivity index (χ2n) is 4.23. The average molecular weight is 251 g/mol. The number of pyridine rings is 1. The van der Waals surface area contributed by atoms with Crippen molar-refractivity contribution in [2.45, 2.75) is 12.3 Å². The van der Waals surface area contributed by atoms with Crippen molar-refractivity contribution >= 4 is 5.91 Å². The van der Waals surface area contributed by atoms with Crippen LogP contribution in [0.4, 0.5) is 0 Å². The number of amides is 1. The van der Waals surface area contributed by atoms with Crippen LogP contribution in [0.1, 0.15) is 22.7 Å². The lowest BCUT2D eigenvalue weighted by Gasteiger charge is -2.13. The quantitative estimate of drug-likeness (QED) is 0.899. The molecule has 2 N–H and O–H groups in total. The summed E-state index contributed by atoms with van der Waals surface area (Å²) >= 11 is 0. The molecular weight excluding hydrogens is 238 g/mol. The van der Waals surface area contributed by atoms with Gasteiger partial charge in [0, 0.05) is 6.20 Å². The number of carbonyl (C=O) groups excluding carboxylic acids is 1. The van der Waals surface area contributed by atoms with E-state index in [1.807, 2.05) is 36.4 Å². The Bertz CT molecular complexity index is 600. The van der Waals surface area contributed by atoms with E-state index in [-0.39, 0.29) is 0 Å². The van der Waals surface area contributed by atoms with Crippen LogP contribution in [-0.4, -0.2) is 10.9 Å². The van der Waals surface area contributed by atoms with Gasteiger partial charge in [-0.2, -0.15) is 5.26 Å².